The summed E-state index contributed by atoms with van der Waals surface area (Å²) >= 11 is 5.80. The summed E-state index contributed by atoms with van der Waals surface area (Å²) in [6.45, 7) is 2.00. The standard InChI is InChI=1S/C13H12ClN3O2/c1-2-19-13(18)12-10(8-11(14)16-17-12)15-9-6-4-3-5-7-9/h3-8H,2H2,1H3,(H,15,16). The van der Waals surface area contributed by atoms with Crippen molar-refractivity contribution in [3.63, 3.8) is 0 Å². The molecule has 0 unspecified atom stereocenters. The van der Waals surface area contributed by atoms with Gasteiger partial charge in [-0.2, -0.15) is 0 Å². The molecular formula is C13H12ClN3O2. The van der Waals surface area contributed by atoms with E-state index in [0.29, 0.717) is 5.69 Å². The summed E-state index contributed by atoms with van der Waals surface area (Å²) in [5.41, 5.74) is 1.39. The number of rotatable bonds is 4. The van der Waals surface area contributed by atoms with Crippen LogP contribution in [0, 0.1) is 0 Å². The van der Waals surface area contributed by atoms with E-state index in [1.807, 2.05) is 30.3 Å². The molecule has 0 saturated carbocycles. The second-order valence-corrected chi connectivity index (χ2v) is 4.03. The third-order valence-electron chi connectivity index (χ3n) is 2.29. The fourth-order valence-electron chi connectivity index (χ4n) is 1.49. The van der Waals surface area contributed by atoms with Crippen LogP contribution in [-0.4, -0.2) is 22.8 Å². The predicted molar refractivity (Wildman–Crippen MR) is 72.7 cm³/mol. The van der Waals surface area contributed by atoms with Crippen molar-refractivity contribution in [1.29, 1.82) is 0 Å². The van der Waals surface area contributed by atoms with E-state index in [0.717, 1.165) is 5.69 Å². The highest BCUT2D eigenvalue weighted by Crippen LogP contribution is 2.22. The van der Waals surface area contributed by atoms with E-state index in [2.05, 4.69) is 15.5 Å². The van der Waals surface area contributed by atoms with E-state index >= 15 is 0 Å². The van der Waals surface area contributed by atoms with Gasteiger partial charge in [0.15, 0.2) is 10.8 Å². The highest BCUT2D eigenvalue weighted by molar-refractivity contribution is 6.29. The second kappa shape index (κ2) is 6.15. The fourth-order valence-corrected chi connectivity index (χ4v) is 1.64. The first-order valence-electron chi connectivity index (χ1n) is 5.73. The van der Waals surface area contributed by atoms with Crippen LogP contribution in [-0.2, 0) is 4.74 Å². The lowest BCUT2D eigenvalue weighted by Gasteiger charge is -2.10. The SMILES string of the molecule is CCOC(=O)c1nnc(Cl)cc1Nc1ccccc1. The lowest BCUT2D eigenvalue weighted by molar-refractivity contribution is 0.0519. The van der Waals surface area contributed by atoms with Crippen LogP contribution in [0.4, 0.5) is 11.4 Å². The summed E-state index contributed by atoms with van der Waals surface area (Å²) in [6.07, 6.45) is 0. The molecule has 2 aromatic rings. The van der Waals surface area contributed by atoms with Gasteiger partial charge < -0.3 is 10.1 Å². The first-order valence-corrected chi connectivity index (χ1v) is 6.11. The summed E-state index contributed by atoms with van der Waals surface area (Å²) < 4.78 is 4.92. The Bertz CT molecular complexity index is 575. The highest BCUT2D eigenvalue weighted by atomic mass is 35.5. The Balaban J connectivity index is 2.32. The number of esters is 1. The Morgan fingerprint density at radius 3 is 2.74 bits per heavy atom. The average molecular weight is 278 g/mol. The molecule has 0 bridgehead atoms. The van der Waals surface area contributed by atoms with Crippen LogP contribution in [0.25, 0.3) is 0 Å². The molecule has 19 heavy (non-hydrogen) atoms. The Kier molecular flexibility index (Phi) is 4.30. The molecule has 1 aromatic carbocycles. The number of halogens is 1. The highest BCUT2D eigenvalue weighted by Gasteiger charge is 2.16. The molecule has 0 fully saturated rings. The van der Waals surface area contributed by atoms with Crippen LogP contribution in [0.3, 0.4) is 0 Å². The van der Waals surface area contributed by atoms with Crippen LogP contribution >= 0.6 is 11.6 Å². The number of anilines is 2. The molecule has 0 amide bonds. The van der Waals surface area contributed by atoms with Gasteiger partial charge in [0.2, 0.25) is 0 Å². The van der Waals surface area contributed by atoms with Crippen molar-refractivity contribution < 1.29 is 9.53 Å². The topological polar surface area (TPSA) is 64.1 Å². The van der Waals surface area contributed by atoms with Gasteiger partial charge >= 0.3 is 5.97 Å². The van der Waals surface area contributed by atoms with Crippen molar-refractivity contribution in [1.82, 2.24) is 10.2 Å². The minimum atomic E-state index is -0.537. The molecule has 0 radical (unpaired) electrons. The Morgan fingerprint density at radius 2 is 2.05 bits per heavy atom. The zero-order valence-corrected chi connectivity index (χ0v) is 11.0. The van der Waals surface area contributed by atoms with Crippen molar-refractivity contribution in [3.05, 3.63) is 47.2 Å². The molecule has 0 aliphatic carbocycles. The summed E-state index contributed by atoms with van der Waals surface area (Å²) in [6, 6.07) is 10.9. The van der Waals surface area contributed by atoms with Gasteiger partial charge in [-0.1, -0.05) is 29.8 Å². The van der Waals surface area contributed by atoms with E-state index in [-0.39, 0.29) is 17.5 Å². The maximum atomic E-state index is 11.8. The van der Waals surface area contributed by atoms with Crippen LogP contribution in [0.1, 0.15) is 17.4 Å². The van der Waals surface area contributed by atoms with Gasteiger partial charge in [-0.3, -0.25) is 0 Å². The smallest absolute Gasteiger partial charge is 0.361 e. The minimum absolute atomic E-state index is 0.107. The van der Waals surface area contributed by atoms with Crippen molar-refractivity contribution in [2.24, 2.45) is 0 Å². The van der Waals surface area contributed by atoms with Crippen molar-refractivity contribution in [3.8, 4) is 0 Å². The van der Waals surface area contributed by atoms with Gasteiger partial charge in [-0.05, 0) is 19.1 Å². The number of aromatic nitrogens is 2. The van der Waals surface area contributed by atoms with Crippen LogP contribution < -0.4 is 5.32 Å². The summed E-state index contributed by atoms with van der Waals surface area (Å²) in [5, 5.41) is 10.7. The van der Waals surface area contributed by atoms with Crippen LogP contribution in [0.2, 0.25) is 5.15 Å². The first kappa shape index (κ1) is 13.3. The molecule has 0 saturated heterocycles. The number of hydrogen-bond donors (Lipinski definition) is 1. The van der Waals surface area contributed by atoms with Gasteiger partial charge in [-0.15, -0.1) is 10.2 Å². The normalized spacial score (nSPS) is 10.0. The lowest BCUT2D eigenvalue weighted by Crippen LogP contribution is -2.11. The number of para-hydroxylation sites is 1. The molecule has 1 heterocycles. The first-order chi connectivity index (χ1) is 9.20. The van der Waals surface area contributed by atoms with Crippen molar-refractivity contribution in [2.75, 3.05) is 11.9 Å². The largest absolute Gasteiger partial charge is 0.461 e. The number of hydrogen-bond acceptors (Lipinski definition) is 5. The molecule has 0 spiro atoms. The maximum Gasteiger partial charge on any atom is 0.361 e. The molecule has 0 aliphatic rings. The minimum Gasteiger partial charge on any atom is -0.461 e. The second-order valence-electron chi connectivity index (χ2n) is 3.64. The van der Waals surface area contributed by atoms with Gasteiger partial charge in [0.25, 0.3) is 0 Å². The summed E-state index contributed by atoms with van der Waals surface area (Å²) in [4.78, 5) is 11.8. The third-order valence-corrected chi connectivity index (χ3v) is 2.47. The monoisotopic (exact) mass is 277 g/mol. The molecule has 0 aliphatic heterocycles. The number of carbonyl (C=O) groups is 1. The molecule has 2 rings (SSSR count). The quantitative estimate of drug-likeness (QED) is 0.870. The molecule has 98 valence electrons. The van der Waals surface area contributed by atoms with Crippen molar-refractivity contribution >= 4 is 28.9 Å². The molecule has 1 N–H and O–H groups in total. The van der Waals surface area contributed by atoms with Gasteiger partial charge in [0.1, 0.15) is 0 Å². The molecular weight excluding hydrogens is 266 g/mol. The van der Waals surface area contributed by atoms with E-state index in [1.165, 1.54) is 6.07 Å². The van der Waals surface area contributed by atoms with E-state index < -0.39 is 5.97 Å². The number of ether oxygens (including phenoxy) is 1. The van der Waals surface area contributed by atoms with Crippen LogP contribution in [0.15, 0.2) is 36.4 Å². The predicted octanol–water partition coefficient (Wildman–Crippen LogP) is 3.05. The zero-order valence-electron chi connectivity index (χ0n) is 10.3. The molecule has 5 nitrogen and oxygen atoms in total. The number of carbonyl (C=O) groups excluding carboxylic acids is 1. The Labute approximate surface area is 115 Å². The van der Waals surface area contributed by atoms with Crippen LogP contribution in [0.5, 0.6) is 0 Å². The molecule has 1 aromatic heterocycles. The van der Waals surface area contributed by atoms with E-state index in [1.54, 1.807) is 6.92 Å². The summed E-state index contributed by atoms with van der Waals surface area (Å²) in [7, 11) is 0. The number of benzene rings is 1. The zero-order chi connectivity index (χ0) is 13.7. The molecule has 0 atom stereocenters. The third kappa shape index (κ3) is 3.42. The number of nitrogens with one attached hydrogen (secondary N) is 1. The number of nitrogens with zero attached hydrogens (tertiary/aromatic N) is 2. The maximum absolute atomic E-state index is 11.8. The fraction of sp³-hybridized carbons (Fsp3) is 0.154. The Hall–Kier alpha value is -2.14. The van der Waals surface area contributed by atoms with Crippen molar-refractivity contribution in [2.45, 2.75) is 6.92 Å². The van der Waals surface area contributed by atoms with Gasteiger partial charge in [0.05, 0.1) is 12.3 Å². The summed E-state index contributed by atoms with van der Waals surface area (Å²) in [5.74, 6) is -0.537. The average Bonchev–Trinajstić information content (AvgIpc) is 2.40. The molecule has 6 heteroatoms. The Morgan fingerprint density at radius 1 is 1.32 bits per heavy atom. The van der Waals surface area contributed by atoms with E-state index in [9.17, 15) is 4.79 Å². The van der Waals surface area contributed by atoms with E-state index in [4.69, 9.17) is 16.3 Å². The van der Waals surface area contributed by atoms with Gasteiger partial charge in [-0.25, -0.2) is 4.79 Å². The van der Waals surface area contributed by atoms with Gasteiger partial charge in [0, 0.05) is 11.8 Å². The lowest BCUT2D eigenvalue weighted by atomic mass is 10.2.